The molecule has 0 bridgehead atoms. The first-order chi connectivity index (χ1) is 23.7. The van der Waals surface area contributed by atoms with Gasteiger partial charge in [0.25, 0.3) is 0 Å². The Hall–Kier alpha value is -5.58. The Morgan fingerprint density at radius 1 is 0.633 bits per heavy atom. The Bertz CT molecular complexity index is 2560. The summed E-state index contributed by atoms with van der Waals surface area (Å²) in [6.07, 6.45) is 1.77. The first-order valence-corrected chi connectivity index (χ1v) is 17.4. The van der Waals surface area contributed by atoms with Gasteiger partial charge in [0.05, 0.1) is 15.9 Å². The van der Waals surface area contributed by atoms with Crippen molar-refractivity contribution in [1.82, 2.24) is 4.98 Å². The molecule has 0 spiro atoms. The van der Waals surface area contributed by atoms with Gasteiger partial charge in [0, 0.05) is 28.5 Å². The van der Waals surface area contributed by atoms with Gasteiger partial charge >= 0.3 is 0 Å². The maximum Gasteiger partial charge on any atom is 0.126 e. The third-order valence-corrected chi connectivity index (χ3v) is 10.4. The molecule has 0 aliphatic heterocycles. The highest BCUT2D eigenvalue weighted by molar-refractivity contribution is 7.22. The first-order valence-electron chi connectivity index (χ1n) is 16.6. The molecule has 0 fully saturated rings. The molecule has 0 saturated carbocycles. The molecule has 1 aromatic heterocycles. The summed E-state index contributed by atoms with van der Waals surface area (Å²) in [7, 11) is 0. The number of para-hydroxylation sites is 1. The number of hydrogen-bond donors (Lipinski definition) is 1. The Morgan fingerprint density at radius 3 is 2.12 bits per heavy atom. The van der Waals surface area contributed by atoms with E-state index >= 15 is 0 Å². The molecule has 1 heterocycles. The number of aromatic hydroxyl groups is 1. The standard InChI is InChI=1S/C45H36N2OS/c1-28-24-30-13-6-8-16-34(30)39(25-28)36-21-22-37(35-18-11-14-29-12-5-7-15-33(29)35)43-42(36)47-44(49-43)38-17-9-10-19-40(38)46-27-31-26-32(45(2,3)4)20-23-41(31)48/h5-27,48H,1-4H3. The van der Waals surface area contributed by atoms with Gasteiger partial charge in [-0.1, -0.05) is 130 Å². The lowest BCUT2D eigenvalue weighted by Crippen LogP contribution is -2.11. The minimum absolute atomic E-state index is 0.0443. The molecule has 3 nitrogen and oxygen atoms in total. The fraction of sp³-hybridized carbons (Fsp3) is 0.111. The van der Waals surface area contributed by atoms with Crippen molar-refractivity contribution in [3.05, 3.63) is 150 Å². The summed E-state index contributed by atoms with van der Waals surface area (Å²) in [5.41, 5.74) is 10.4. The Morgan fingerprint density at radius 2 is 1.31 bits per heavy atom. The van der Waals surface area contributed by atoms with Crippen molar-refractivity contribution in [1.29, 1.82) is 0 Å². The van der Waals surface area contributed by atoms with Crippen LogP contribution in [0.3, 0.4) is 0 Å². The van der Waals surface area contributed by atoms with Crippen LogP contribution >= 0.6 is 11.3 Å². The van der Waals surface area contributed by atoms with Gasteiger partial charge in [-0.25, -0.2) is 4.98 Å². The fourth-order valence-electron chi connectivity index (χ4n) is 6.73. The summed E-state index contributed by atoms with van der Waals surface area (Å²) in [4.78, 5) is 10.4. The average Bonchev–Trinajstić information content (AvgIpc) is 3.55. The highest BCUT2D eigenvalue weighted by Crippen LogP contribution is 2.46. The number of phenolic OH excluding ortho intramolecular Hbond substituents is 1. The summed E-state index contributed by atoms with van der Waals surface area (Å²) in [5, 5.41) is 16.5. The number of aromatic nitrogens is 1. The third kappa shape index (κ3) is 5.68. The van der Waals surface area contributed by atoms with Gasteiger partial charge in [-0.15, -0.1) is 11.3 Å². The van der Waals surface area contributed by atoms with Crippen LogP contribution in [-0.2, 0) is 5.41 Å². The van der Waals surface area contributed by atoms with Crippen LogP contribution in [0.25, 0.3) is 64.6 Å². The number of hydrogen-bond acceptors (Lipinski definition) is 4. The smallest absolute Gasteiger partial charge is 0.126 e. The molecule has 49 heavy (non-hydrogen) atoms. The van der Waals surface area contributed by atoms with E-state index in [0.717, 1.165) is 37.6 Å². The van der Waals surface area contributed by atoms with E-state index in [4.69, 9.17) is 9.98 Å². The van der Waals surface area contributed by atoms with Crippen LogP contribution in [-0.4, -0.2) is 16.3 Å². The second-order valence-electron chi connectivity index (χ2n) is 13.7. The van der Waals surface area contributed by atoms with E-state index in [1.165, 1.54) is 43.8 Å². The van der Waals surface area contributed by atoms with Crippen molar-refractivity contribution < 1.29 is 5.11 Å². The summed E-state index contributed by atoms with van der Waals surface area (Å²) in [6, 6.07) is 46.7. The number of rotatable bonds is 5. The number of thiazole rings is 1. The highest BCUT2D eigenvalue weighted by atomic mass is 32.1. The number of fused-ring (bicyclic) bond motifs is 3. The van der Waals surface area contributed by atoms with E-state index in [2.05, 4.69) is 125 Å². The van der Waals surface area contributed by atoms with Crippen LogP contribution in [0, 0.1) is 6.92 Å². The molecule has 8 aromatic rings. The minimum Gasteiger partial charge on any atom is -0.507 e. The zero-order valence-electron chi connectivity index (χ0n) is 28.0. The topological polar surface area (TPSA) is 45.5 Å². The van der Waals surface area contributed by atoms with E-state index < -0.39 is 0 Å². The zero-order chi connectivity index (χ0) is 33.7. The second-order valence-corrected chi connectivity index (χ2v) is 14.7. The molecule has 0 saturated heterocycles. The quantitative estimate of drug-likeness (QED) is 0.188. The van der Waals surface area contributed by atoms with E-state index in [1.54, 1.807) is 23.6 Å². The van der Waals surface area contributed by atoms with E-state index in [9.17, 15) is 5.11 Å². The Labute approximate surface area is 290 Å². The predicted octanol–water partition coefficient (Wildman–Crippen LogP) is 12.7. The molecule has 8 rings (SSSR count). The Kier molecular flexibility index (Phi) is 7.62. The maximum absolute atomic E-state index is 10.7. The zero-order valence-corrected chi connectivity index (χ0v) is 28.8. The number of nitrogens with zero attached hydrogens (tertiary/aromatic N) is 2. The average molecular weight is 653 g/mol. The monoisotopic (exact) mass is 652 g/mol. The number of benzene rings is 7. The minimum atomic E-state index is -0.0443. The number of phenols is 1. The number of aryl methyl sites for hydroxylation is 1. The Balaban J connectivity index is 1.35. The van der Waals surface area contributed by atoms with Crippen molar-refractivity contribution in [2.75, 3.05) is 0 Å². The van der Waals surface area contributed by atoms with Gasteiger partial charge in [-0.3, -0.25) is 4.99 Å². The second kappa shape index (κ2) is 12.1. The van der Waals surface area contributed by atoms with Crippen LogP contribution in [0.2, 0.25) is 0 Å². The van der Waals surface area contributed by atoms with Crippen molar-refractivity contribution in [2.45, 2.75) is 33.1 Å². The molecule has 1 N–H and O–H groups in total. The van der Waals surface area contributed by atoms with Crippen LogP contribution in [0.4, 0.5) is 5.69 Å². The van der Waals surface area contributed by atoms with Crippen molar-refractivity contribution in [2.24, 2.45) is 4.99 Å². The molecule has 0 radical (unpaired) electrons. The maximum atomic E-state index is 10.7. The lowest BCUT2D eigenvalue weighted by Gasteiger charge is -2.19. The van der Waals surface area contributed by atoms with Gasteiger partial charge in [-0.05, 0) is 80.4 Å². The molecule has 7 aromatic carbocycles. The first kappa shape index (κ1) is 30.7. The van der Waals surface area contributed by atoms with Crippen molar-refractivity contribution in [3.8, 4) is 38.6 Å². The third-order valence-electron chi connectivity index (χ3n) is 9.29. The van der Waals surface area contributed by atoms with Gasteiger partial charge < -0.3 is 5.11 Å². The molecule has 238 valence electrons. The van der Waals surface area contributed by atoms with Gasteiger partial charge in [-0.2, -0.15) is 0 Å². The van der Waals surface area contributed by atoms with Gasteiger partial charge in [0.15, 0.2) is 0 Å². The summed E-state index contributed by atoms with van der Waals surface area (Å²) in [6.45, 7) is 8.67. The highest BCUT2D eigenvalue weighted by Gasteiger charge is 2.20. The van der Waals surface area contributed by atoms with Gasteiger partial charge in [0.2, 0.25) is 0 Å². The molecule has 0 aliphatic rings. The summed E-state index contributed by atoms with van der Waals surface area (Å²) < 4.78 is 1.14. The van der Waals surface area contributed by atoms with Crippen LogP contribution < -0.4 is 0 Å². The molecule has 0 unspecified atom stereocenters. The lowest BCUT2D eigenvalue weighted by molar-refractivity contribution is 0.473. The number of aliphatic imine (C=N–C) groups is 1. The van der Waals surface area contributed by atoms with Crippen molar-refractivity contribution >= 4 is 55.0 Å². The molecule has 0 atom stereocenters. The largest absolute Gasteiger partial charge is 0.507 e. The molecule has 0 aliphatic carbocycles. The fourth-order valence-corrected chi connectivity index (χ4v) is 7.88. The normalized spacial score (nSPS) is 12.1. The van der Waals surface area contributed by atoms with E-state index in [0.29, 0.717) is 5.56 Å². The SMILES string of the molecule is Cc1cc(-c2ccc(-c3cccc4ccccc34)c3sc(-c4ccccc4N=Cc4cc(C(C)(C)C)ccc4O)nc23)c2ccccc2c1. The molecular formula is C45H36N2OS. The molecule has 0 amide bonds. The lowest BCUT2D eigenvalue weighted by atomic mass is 9.86. The van der Waals surface area contributed by atoms with Crippen LogP contribution in [0.1, 0.15) is 37.5 Å². The summed E-state index contributed by atoms with van der Waals surface area (Å²) in [5.74, 6) is 0.212. The summed E-state index contributed by atoms with van der Waals surface area (Å²) >= 11 is 1.71. The predicted molar refractivity (Wildman–Crippen MR) is 210 cm³/mol. The van der Waals surface area contributed by atoms with E-state index in [-0.39, 0.29) is 11.2 Å². The van der Waals surface area contributed by atoms with Crippen LogP contribution in [0.15, 0.2) is 138 Å². The molecule has 4 heteroatoms. The molecular weight excluding hydrogens is 617 g/mol. The van der Waals surface area contributed by atoms with Crippen LogP contribution in [0.5, 0.6) is 5.75 Å². The van der Waals surface area contributed by atoms with E-state index in [1.807, 2.05) is 30.3 Å². The van der Waals surface area contributed by atoms with Crippen molar-refractivity contribution in [3.63, 3.8) is 0 Å². The van der Waals surface area contributed by atoms with Gasteiger partial charge in [0.1, 0.15) is 10.8 Å².